The van der Waals surface area contributed by atoms with Gasteiger partial charge in [-0.15, -0.1) is 11.8 Å². The summed E-state index contributed by atoms with van der Waals surface area (Å²) in [5.41, 5.74) is 0.737. The average molecular weight is 386 g/mol. The van der Waals surface area contributed by atoms with Gasteiger partial charge in [-0.1, -0.05) is 29.8 Å². The van der Waals surface area contributed by atoms with Gasteiger partial charge in [-0.25, -0.2) is 8.78 Å². The molecule has 0 heterocycles. The molecule has 1 amide bonds. The molecule has 2 aromatic rings. The van der Waals surface area contributed by atoms with Gasteiger partial charge in [-0.3, -0.25) is 9.59 Å². The minimum Gasteiger partial charge on any atom is -0.455 e. The van der Waals surface area contributed by atoms with Gasteiger partial charge in [0.15, 0.2) is 6.61 Å². The SMILES string of the molecule is O=C(COC(=O)CSc1cc(F)ccc1F)NCc1ccccc1Cl. The van der Waals surface area contributed by atoms with Crippen LogP contribution >= 0.6 is 23.4 Å². The number of nitrogens with one attached hydrogen (secondary N) is 1. The molecular weight excluding hydrogens is 372 g/mol. The Kier molecular flexibility index (Phi) is 7.21. The second-order valence-electron chi connectivity index (χ2n) is 4.89. The van der Waals surface area contributed by atoms with E-state index in [0.29, 0.717) is 5.02 Å². The number of amides is 1. The number of halogens is 3. The van der Waals surface area contributed by atoms with Gasteiger partial charge in [0, 0.05) is 16.5 Å². The van der Waals surface area contributed by atoms with Crippen molar-refractivity contribution in [2.45, 2.75) is 11.4 Å². The predicted molar refractivity (Wildman–Crippen MR) is 91.3 cm³/mol. The Labute approximate surface area is 152 Å². The smallest absolute Gasteiger partial charge is 0.316 e. The molecule has 0 spiro atoms. The van der Waals surface area contributed by atoms with Gasteiger partial charge >= 0.3 is 5.97 Å². The third-order valence-electron chi connectivity index (χ3n) is 3.04. The average Bonchev–Trinajstić information content (AvgIpc) is 2.60. The zero-order chi connectivity index (χ0) is 18.2. The van der Waals surface area contributed by atoms with E-state index in [0.717, 1.165) is 35.5 Å². The molecule has 0 aliphatic rings. The second-order valence-corrected chi connectivity index (χ2v) is 6.32. The largest absolute Gasteiger partial charge is 0.455 e. The van der Waals surface area contributed by atoms with E-state index in [1.165, 1.54) is 0 Å². The van der Waals surface area contributed by atoms with Crippen LogP contribution in [0.1, 0.15) is 5.56 Å². The highest BCUT2D eigenvalue weighted by Crippen LogP contribution is 2.22. The number of hydrogen-bond acceptors (Lipinski definition) is 4. The van der Waals surface area contributed by atoms with Crippen LogP contribution in [0.25, 0.3) is 0 Å². The zero-order valence-corrected chi connectivity index (χ0v) is 14.5. The summed E-state index contributed by atoms with van der Waals surface area (Å²) in [6.45, 7) is -0.255. The van der Waals surface area contributed by atoms with Crippen LogP contribution in [0, 0.1) is 11.6 Å². The molecule has 0 aliphatic heterocycles. The van der Waals surface area contributed by atoms with Gasteiger partial charge in [0.2, 0.25) is 0 Å². The van der Waals surface area contributed by atoms with Crippen molar-refractivity contribution in [1.29, 1.82) is 0 Å². The lowest BCUT2D eigenvalue weighted by Crippen LogP contribution is -2.28. The predicted octanol–water partition coefficient (Wildman–Crippen LogP) is 3.57. The van der Waals surface area contributed by atoms with Crippen LogP contribution in [0.2, 0.25) is 5.02 Å². The van der Waals surface area contributed by atoms with Crippen LogP contribution in [0.4, 0.5) is 8.78 Å². The topological polar surface area (TPSA) is 55.4 Å². The lowest BCUT2D eigenvalue weighted by molar-refractivity contribution is -0.145. The van der Waals surface area contributed by atoms with Crippen molar-refractivity contribution in [2.75, 3.05) is 12.4 Å². The number of ether oxygens (including phenoxy) is 1. The van der Waals surface area contributed by atoms with E-state index >= 15 is 0 Å². The van der Waals surface area contributed by atoms with E-state index in [1.54, 1.807) is 24.3 Å². The highest BCUT2D eigenvalue weighted by atomic mass is 35.5. The van der Waals surface area contributed by atoms with Gasteiger partial charge in [0.05, 0.1) is 5.75 Å². The van der Waals surface area contributed by atoms with E-state index in [1.807, 2.05) is 0 Å². The first-order valence-electron chi connectivity index (χ1n) is 7.19. The summed E-state index contributed by atoms with van der Waals surface area (Å²) in [5, 5.41) is 3.09. The molecule has 8 heteroatoms. The van der Waals surface area contributed by atoms with Crippen LogP contribution < -0.4 is 5.32 Å². The first-order chi connectivity index (χ1) is 12.0. The van der Waals surface area contributed by atoms with Crippen LogP contribution in [0.3, 0.4) is 0 Å². The summed E-state index contributed by atoms with van der Waals surface area (Å²) in [7, 11) is 0. The summed E-state index contributed by atoms with van der Waals surface area (Å²) in [6, 6.07) is 9.98. The fraction of sp³-hybridized carbons (Fsp3) is 0.176. The Morgan fingerprint density at radius 2 is 1.92 bits per heavy atom. The number of carbonyl (C=O) groups excluding carboxylic acids is 2. The highest BCUT2D eigenvalue weighted by Gasteiger charge is 2.11. The number of carbonyl (C=O) groups is 2. The second kappa shape index (κ2) is 9.39. The maximum Gasteiger partial charge on any atom is 0.316 e. The molecule has 132 valence electrons. The molecule has 0 saturated heterocycles. The molecule has 4 nitrogen and oxygen atoms in total. The van der Waals surface area contributed by atoms with Gasteiger partial charge in [0.25, 0.3) is 5.91 Å². The van der Waals surface area contributed by atoms with Crippen molar-refractivity contribution >= 4 is 35.2 Å². The molecule has 0 atom stereocenters. The lowest BCUT2D eigenvalue weighted by atomic mass is 10.2. The minimum absolute atomic E-state index is 0.000112. The Bertz CT molecular complexity index is 773. The molecule has 2 rings (SSSR count). The Balaban J connectivity index is 1.71. The van der Waals surface area contributed by atoms with Gasteiger partial charge in [0.1, 0.15) is 11.6 Å². The molecule has 1 N–H and O–H groups in total. The Morgan fingerprint density at radius 3 is 2.68 bits per heavy atom. The van der Waals surface area contributed by atoms with E-state index in [9.17, 15) is 18.4 Å². The third-order valence-corrected chi connectivity index (χ3v) is 4.41. The summed E-state index contributed by atoms with van der Waals surface area (Å²) < 4.78 is 31.2. The normalized spacial score (nSPS) is 10.4. The van der Waals surface area contributed by atoms with Gasteiger partial charge < -0.3 is 10.1 Å². The maximum absolute atomic E-state index is 13.4. The van der Waals surface area contributed by atoms with Crippen molar-refractivity contribution in [3.63, 3.8) is 0 Å². The Hall–Kier alpha value is -2.12. The molecule has 0 bridgehead atoms. The monoisotopic (exact) mass is 385 g/mol. The zero-order valence-electron chi connectivity index (χ0n) is 12.9. The number of hydrogen-bond donors (Lipinski definition) is 1. The van der Waals surface area contributed by atoms with Gasteiger partial charge in [-0.05, 0) is 29.8 Å². The van der Waals surface area contributed by atoms with Crippen LogP contribution in [0.15, 0.2) is 47.4 Å². The quantitative estimate of drug-likeness (QED) is 0.584. The van der Waals surface area contributed by atoms with Crippen LogP contribution in [-0.4, -0.2) is 24.2 Å². The molecule has 0 radical (unpaired) electrons. The number of esters is 1. The van der Waals surface area contributed by atoms with Crippen LogP contribution in [-0.2, 0) is 20.9 Å². The number of benzene rings is 2. The van der Waals surface area contributed by atoms with E-state index in [4.69, 9.17) is 16.3 Å². The number of thioether (sulfide) groups is 1. The molecule has 0 fully saturated rings. The molecule has 0 saturated carbocycles. The van der Waals surface area contributed by atoms with Crippen molar-refractivity contribution in [3.05, 3.63) is 64.7 Å². The molecule has 2 aromatic carbocycles. The van der Waals surface area contributed by atoms with Crippen molar-refractivity contribution in [3.8, 4) is 0 Å². The lowest BCUT2D eigenvalue weighted by Gasteiger charge is -2.08. The summed E-state index contributed by atoms with van der Waals surface area (Å²) in [6.07, 6.45) is 0. The summed E-state index contributed by atoms with van der Waals surface area (Å²) >= 11 is 6.76. The number of rotatable bonds is 7. The first-order valence-corrected chi connectivity index (χ1v) is 8.55. The highest BCUT2D eigenvalue weighted by molar-refractivity contribution is 8.00. The molecule has 0 aliphatic carbocycles. The third kappa shape index (κ3) is 6.36. The summed E-state index contributed by atoms with van der Waals surface area (Å²) in [5.74, 6) is -2.66. The van der Waals surface area contributed by atoms with E-state index in [2.05, 4.69) is 5.32 Å². The standard InChI is InChI=1S/C17H14ClF2NO3S/c18-13-4-2-1-3-11(13)8-21-16(22)9-24-17(23)10-25-15-7-12(19)5-6-14(15)20/h1-7H,8-10H2,(H,21,22). The van der Waals surface area contributed by atoms with Crippen molar-refractivity contribution < 1.29 is 23.1 Å². The van der Waals surface area contributed by atoms with Crippen molar-refractivity contribution in [1.82, 2.24) is 5.32 Å². The maximum atomic E-state index is 13.4. The Morgan fingerprint density at radius 1 is 1.16 bits per heavy atom. The fourth-order valence-corrected chi connectivity index (χ4v) is 2.76. The van der Waals surface area contributed by atoms with Crippen LogP contribution in [0.5, 0.6) is 0 Å². The first kappa shape index (κ1) is 19.2. The van der Waals surface area contributed by atoms with Crippen molar-refractivity contribution in [2.24, 2.45) is 0 Å². The minimum atomic E-state index is -0.707. The molecule has 0 aromatic heterocycles. The van der Waals surface area contributed by atoms with E-state index in [-0.39, 0.29) is 17.2 Å². The summed E-state index contributed by atoms with van der Waals surface area (Å²) in [4.78, 5) is 23.2. The molecular formula is C17H14ClF2NO3S. The van der Waals surface area contributed by atoms with Gasteiger partial charge in [-0.2, -0.15) is 0 Å². The van der Waals surface area contributed by atoms with E-state index < -0.39 is 30.1 Å². The fourth-order valence-electron chi connectivity index (χ4n) is 1.80. The molecule has 0 unspecified atom stereocenters. The molecule has 25 heavy (non-hydrogen) atoms.